The van der Waals surface area contributed by atoms with Gasteiger partial charge in [-0.05, 0) is 36.3 Å². The van der Waals surface area contributed by atoms with Gasteiger partial charge in [0.2, 0.25) is 0 Å². The van der Waals surface area contributed by atoms with Gasteiger partial charge in [-0.25, -0.2) is 0 Å². The summed E-state index contributed by atoms with van der Waals surface area (Å²) in [5.74, 6) is 0.659. The fraction of sp³-hybridized carbons (Fsp3) is 0.647. The molecule has 1 aliphatic rings. The fourth-order valence-corrected chi connectivity index (χ4v) is 2.72. The lowest BCUT2D eigenvalue weighted by Gasteiger charge is -2.16. The van der Waals surface area contributed by atoms with E-state index in [1.807, 2.05) is 12.1 Å². The predicted octanol–water partition coefficient (Wildman–Crippen LogP) is 3.38. The summed E-state index contributed by atoms with van der Waals surface area (Å²) in [5.41, 5.74) is 5.19. The standard InChI is InChI=1S/C17H27NO2/c1-13(2)11-14-7-9-15(10-8-14)17(19)12-18-20-16-5-3-4-6-16/h7-10,13,16-19H,3-6,11-12H2,1-2H3. The van der Waals surface area contributed by atoms with Gasteiger partial charge >= 0.3 is 0 Å². The van der Waals surface area contributed by atoms with Crippen LogP contribution in [-0.2, 0) is 11.3 Å². The molecule has 0 aliphatic heterocycles. The average molecular weight is 277 g/mol. The van der Waals surface area contributed by atoms with Crippen LogP contribution in [-0.4, -0.2) is 17.8 Å². The average Bonchev–Trinajstić information content (AvgIpc) is 2.92. The van der Waals surface area contributed by atoms with Gasteiger partial charge in [0.05, 0.1) is 18.8 Å². The Bertz CT molecular complexity index is 382. The molecule has 1 fully saturated rings. The molecule has 112 valence electrons. The number of hydrogen-bond acceptors (Lipinski definition) is 3. The Kier molecular flexibility index (Phi) is 6.02. The predicted molar refractivity (Wildman–Crippen MR) is 81.3 cm³/mol. The molecule has 1 unspecified atom stereocenters. The summed E-state index contributed by atoms with van der Waals surface area (Å²) < 4.78 is 0. The number of benzene rings is 1. The largest absolute Gasteiger partial charge is 0.387 e. The van der Waals surface area contributed by atoms with Gasteiger partial charge in [0, 0.05) is 0 Å². The van der Waals surface area contributed by atoms with Gasteiger partial charge < -0.3 is 5.11 Å². The van der Waals surface area contributed by atoms with Crippen LogP contribution in [0.2, 0.25) is 0 Å². The maximum atomic E-state index is 10.1. The molecule has 3 heteroatoms. The SMILES string of the molecule is CC(C)Cc1ccc(C(O)CNOC2CCCC2)cc1. The normalized spacial score (nSPS) is 17.8. The summed E-state index contributed by atoms with van der Waals surface area (Å²) in [5, 5.41) is 10.1. The van der Waals surface area contributed by atoms with Crippen LogP contribution < -0.4 is 5.48 Å². The van der Waals surface area contributed by atoms with E-state index in [4.69, 9.17) is 4.84 Å². The van der Waals surface area contributed by atoms with Gasteiger partial charge in [0.25, 0.3) is 0 Å². The van der Waals surface area contributed by atoms with Crippen molar-refractivity contribution in [1.82, 2.24) is 5.48 Å². The minimum Gasteiger partial charge on any atom is -0.387 e. The highest BCUT2D eigenvalue weighted by atomic mass is 16.7. The molecule has 0 aromatic heterocycles. The third-order valence-electron chi connectivity index (χ3n) is 3.84. The quantitative estimate of drug-likeness (QED) is 0.751. The second-order valence-electron chi connectivity index (χ2n) is 6.23. The molecule has 0 saturated heterocycles. The monoisotopic (exact) mass is 277 g/mol. The molecule has 0 heterocycles. The first kappa shape index (κ1) is 15.5. The van der Waals surface area contributed by atoms with Crippen molar-refractivity contribution >= 4 is 0 Å². The molecule has 0 amide bonds. The highest BCUT2D eigenvalue weighted by molar-refractivity contribution is 5.24. The molecule has 0 spiro atoms. The summed E-state index contributed by atoms with van der Waals surface area (Å²) in [6.45, 7) is 4.88. The number of aliphatic hydroxyl groups excluding tert-OH is 1. The number of hydroxylamine groups is 1. The van der Waals surface area contributed by atoms with Crippen LogP contribution in [0.3, 0.4) is 0 Å². The van der Waals surface area contributed by atoms with Crippen LogP contribution in [0.4, 0.5) is 0 Å². The second kappa shape index (κ2) is 7.77. The van der Waals surface area contributed by atoms with Crippen molar-refractivity contribution in [2.45, 2.75) is 58.2 Å². The van der Waals surface area contributed by atoms with Gasteiger partial charge in [-0.15, -0.1) is 0 Å². The van der Waals surface area contributed by atoms with E-state index < -0.39 is 6.10 Å². The molecule has 1 aromatic rings. The Morgan fingerprint density at radius 1 is 1.20 bits per heavy atom. The Hall–Kier alpha value is -0.900. The van der Waals surface area contributed by atoms with Crippen molar-refractivity contribution in [3.05, 3.63) is 35.4 Å². The molecule has 1 aromatic carbocycles. The number of aliphatic hydroxyl groups is 1. The van der Waals surface area contributed by atoms with Crippen molar-refractivity contribution in [3.63, 3.8) is 0 Å². The second-order valence-corrected chi connectivity index (χ2v) is 6.23. The zero-order chi connectivity index (χ0) is 14.4. The third-order valence-corrected chi connectivity index (χ3v) is 3.84. The highest BCUT2D eigenvalue weighted by Gasteiger charge is 2.16. The first-order chi connectivity index (χ1) is 9.65. The lowest BCUT2D eigenvalue weighted by molar-refractivity contribution is -0.0372. The minimum absolute atomic E-state index is 0.329. The van der Waals surface area contributed by atoms with E-state index in [1.54, 1.807) is 0 Å². The van der Waals surface area contributed by atoms with Crippen LogP contribution >= 0.6 is 0 Å². The van der Waals surface area contributed by atoms with Crippen LogP contribution in [0.25, 0.3) is 0 Å². The lowest BCUT2D eigenvalue weighted by Crippen LogP contribution is -2.26. The molecular weight excluding hydrogens is 250 g/mol. The Labute approximate surface area is 122 Å². The van der Waals surface area contributed by atoms with E-state index in [9.17, 15) is 5.11 Å². The van der Waals surface area contributed by atoms with Crippen molar-refractivity contribution < 1.29 is 9.94 Å². The van der Waals surface area contributed by atoms with Crippen molar-refractivity contribution in [2.24, 2.45) is 5.92 Å². The molecule has 2 N–H and O–H groups in total. The zero-order valence-corrected chi connectivity index (χ0v) is 12.6. The summed E-state index contributed by atoms with van der Waals surface area (Å²) in [6, 6.07) is 8.24. The van der Waals surface area contributed by atoms with Gasteiger partial charge in [-0.1, -0.05) is 51.0 Å². The first-order valence-corrected chi connectivity index (χ1v) is 7.80. The minimum atomic E-state index is -0.510. The summed E-state index contributed by atoms with van der Waals surface area (Å²) in [7, 11) is 0. The molecule has 1 atom stereocenters. The molecular formula is C17H27NO2. The number of rotatable bonds is 7. The van der Waals surface area contributed by atoms with Crippen LogP contribution in [0.5, 0.6) is 0 Å². The summed E-state index contributed by atoms with van der Waals surface area (Å²) in [4.78, 5) is 5.56. The molecule has 2 rings (SSSR count). The first-order valence-electron chi connectivity index (χ1n) is 7.80. The summed E-state index contributed by atoms with van der Waals surface area (Å²) in [6.07, 6.45) is 5.68. The zero-order valence-electron chi connectivity index (χ0n) is 12.6. The van der Waals surface area contributed by atoms with Gasteiger partial charge in [0.1, 0.15) is 0 Å². The van der Waals surface area contributed by atoms with E-state index in [0.29, 0.717) is 18.6 Å². The highest BCUT2D eigenvalue weighted by Crippen LogP contribution is 2.20. The van der Waals surface area contributed by atoms with Crippen molar-refractivity contribution in [2.75, 3.05) is 6.54 Å². The van der Waals surface area contributed by atoms with Gasteiger partial charge in [0.15, 0.2) is 0 Å². The Morgan fingerprint density at radius 2 is 1.85 bits per heavy atom. The molecule has 1 aliphatic carbocycles. The van der Waals surface area contributed by atoms with E-state index in [0.717, 1.165) is 24.8 Å². The van der Waals surface area contributed by atoms with E-state index in [-0.39, 0.29) is 0 Å². The Morgan fingerprint density at radius 3 is 2.45 bits per heavy atom. The smallest absolute Gasteiger partial charge is 0.0937 e. The molecule has 3 nitrogen and oxygen atoms in total. The molecule has 0 bridgehead atoms. The third kappa shape index (κ3) is 4.89. The van der Waals surface area contributed by atoms with Crippen LogP contribution in [0.15, 0.2) is 24.3 Å². The maximum Gasteiger partial charge on any atom is 0.0937 e. The van der Waals surface area contributed by atoms with E-state index in [1.165, 1.54) is 18.4 Å². The van der Waals surface area contributed by atoms with E-state index >= 15 is 0 Å². The Balaban J connectivity index is 1.75. The van der Waals surface area contributed by atoms with Gasteiger partial charge in [-0.3, -0.25) is 4.84 Å². The van der Waals surface area contributed by atoms with Crippen LogP contribution in [0.1, 0.15) is 56.8 Å². The maximum absolute atomic E-state index is 10.1. The van der Waals surface area contributed by atoms with Crippen molar-refractivity contribution in [3.8, 4) is 0 Å². The van der Waals surface area contributed by atoms with Crippen LogP contribution in [0, 0.1) is 5.92 Å². The number of hydrogen-bond donors (Lipinski definition) is 2. The topological polar surface area (TPSA) is 41.5 Å². The number of nitrogens with one attached hydrogen (secondary N) is 1. The molecule has 20 heavy (non-hydrogen) atoms. The lowest BCUT2D eigenvalue weighted by atomic mass is 10.0. The van der Waals surface area contributed by atoms with Gasteiger partial charge in [-0.2, -0.15) is 5.48 Å². The fourth-order valence-electron chi connectivity index (χ4n) is 2.72. The molecule has 1 saturated carbocycles. The van der Waals surface area contributed by atoms with E-state index in [2.05, 4.69) is 31.5 Å². The molecule has 0 radical (unpaired) electrons. The summed E-state index contributed by atoms with van der Waals surface area (Å²) >= 11 is 0. The van der Waals surface area contributed by atoms with Crippen molar-refractivity contribution in [1.29, 1.82) is 0 Å².